The van der Waals surface area contributed by atoms with Gasteiger partial charge >= 0.3 is 0 Å². The molecule has 0 radical (unpaired) electrons. The molecule has 0 N–H and O–H groups in total. The van der Waals surface area contributed by atoms with Gasteiger partial charge in [-0.25, -0.2) is 0 Å². The first-order valence-corrected chi connectivity index (χ1v) is 15.5. The van der Waals surface area contributed by atoms with Gasteiger partial charge in [-0.3, -0.25) is 0 Å². The summed E-state index contributed by atoms with van der Waals surface area (Å²) in [6.45, 7) is 0.599. The van der Waals surface area contributed by atoms with Crippen LogP contribution in [0.1, 0.15) is 5.56 Å². The molecule has 2 heteroatoms. The lowest BCUT2D eigenvalue weighted by atomic mass is 9.89. The second-order valence-electron chi connectivity index (χ2n) is 11.7. The van der Waals surface area contributed by atoms with E-state index in [1.54, 1.807) is 0 Å². The average Bonchev–Trinajstić information content (AvgIpc) is 3.45. The molecule has 212 valence electrons. The average molecular weight is 576 g/mol. The molecule has 7 aromatic carbocycles. The van der Waals surface area contributed by atoms with Crippen LogP contribution in [0.2, 0.25) is 0 Å². The standard InChI is InChI=1S/C43H29NO/c1-3-11-29(12-4-1)31-16-9-17-35(25-31)44-40-26-32(30-13-5-2-6-14-30)21-23-38(40)39-24-22-33(27-41(39)44)36-19-10-20-42-43(36)37-18-8-7-15-34(37)28-45-42/h1-27H,28H2. The Hall–Kier alpha value is -5.86. The van der Waals surface area contributed by atoms with E-state index in [0.717, 1.165) is 11.4 Å². The summed E-state index contributed by atoms with van der Waals surface area (Å²) in [5, 5.41) is 2.48. The summed E-state index contributed by atoms with van der Waals surface area (Å²) in [5.41, 5.74) is 14.3. The third-order valence-electron chi connectivity index (χ3n) is 9.09. The van der Waals surface area contributed by atoms with Crippen LogP contribution in [0.5, 0.6) is 5.75 Å². The summed E-state index contributed by atoms with van der Waals surface area (Å²) < 4.78 is 8.68. The minimum Gasteiger partial charge on any atom is -0.488 e. The maximum absolute atomic E-state index is 6.25. The van der Waals surface area contributed by atoms with Gasteiger partial charge in [0.25, 0.3) is 0 Å². The highest BCUT2D eigenvalue weighted by molar-refractivity contribution is 6.11. The van der Waals surface area contributed by atoms with Crippen molar-refractivity contribution in [3.8, 4) is 55.9 Å². The molecule has 1 aromatic heterocycles. The van der Waals surface area contributed by atoms with Crippen molar-refractivity contribution in [2.75, 3.05) is 0 Å². The predicted octanol–water partition coefficient (Wildman–Crippen LogP) is 11.3. The Kier molecular flexibility index (Phi) is 5.92. The number of rotatable bonds is 4. The maximum Gasteiger partial charge on any atom is 0.128 e. The molecule has 2 nitrogen and oxygen atoms in total. The molecule has 0 bridgehead atoms. The Labute approximate surface area is 262 Å². The summed E-state index contributed by atoms with van der Waals surface area (Å²) in [4.78, 5) is 0. The molecule has 45 heavy (non-hydrogen) atoms. The van der Waals surface area contributed by atoms with E-state index in [1.165, 1.54) is 71.9 Å². The molecule has 0 aliphatic carbocycles. The first-order valence-electron chi connectivity index (χ1n) is 15.5. The molecular formula is C43H29NO. The van der Waals surface area contributed by atoms with Crippen molar-refractivity contribution in [3.63, 3.8) is 0 Å². The normalized spacial score (nSPS) is 12.1. The smallest absolute Gasteiger partial charge is 0.128 e. The van der Waals surface area contributed by atoms with Crippen molar-refractivity contribution in [2.45, 2.75) is 6.61 Å². The van der Waals surface area contributed by atoms with E-state index in [4.69, 9.17) is 4.74 Å². The lowest BCUT2D eigenvalue weighted by molar-refractivity contribution is 0.302. The van der Waals surface area contributed by atoms with Crippen LogP contribution in [0.25, 0.3) is 72.0 Å². The molecular weight excluding hydrogens is 546 g/mol. The fourth-order valence-corrected chi connectivity index (χ4v) is 6.94. The predicted molar refractivity (Wildman–Crippen MR) is 187 cm³/mol. The Morgan fingerprint density at radius 1 is 0.422 bits per heavy atom. The van der Waals surface area contributed by atoms with E-state index in [-0.39, 0.29) is 0 Å². The molecule has 1 aliphatic rings. The van der Waals surface area contributed by atoms with Gasteiger partial charge in [0, 0.05) is 22.0 Å². The van der Waals surface area contributed by atoms with Gasteiger partial charge in [-0.1, -0.05) is 133 Å². The van der Waals surface area contributed by atoms with E-state index >= 15 is 0 Å². The van der Waals surface area contributed by atoms with Gasteiger partial charge in [0.15, 0.2) is 0 Å². The van der Waals surface area contributed by atoms with Gasteiger partial charge in [0.05, 0.1) is 11.0 Å². The lowest BCUT2D eigenvalue weighted by Crippen LogP contribution is -2.06. The fraction of sp³-hybridized carbons (Fsp3) is 0.0233. The summed E-state index contributed by atoms with van der Waals surface area (Å²) in [5.74, 6) is 0.940. The van der Waals surface area contributed by atoms with Crippen molar-refractivity contribution < 1.29 is 4.74 Å². The zero-order valence-electron chi connectivity index (χ0n) is 24.7. The first-order chi connectivity index (χ1) is 22.3. The Morgan fingerprint density at radius 3 is 1.76 bits per heavy atom. The lowest BCUT2D eigenvalue weighted by Gasteiger charge is -2.23. The second kappa shape index (κ2) is 10.4. The van der Waals surface area contributed by atoms with Crippen LogP contribution < -0.4 is 4.74 Å². The monoisotopic (exact) mass is 575 g/mol. The van der Waals surface area contributed by atoms with Crippen LogP contribution >= 0.6 is 0 Å². The van der Waals surface area contributed by atoms with E-state index in [2.05, 4.69) is 168 Å². The molecule has 0 saturated heterocycles. The molecule has 0 amide bonds. The highest BCUT2D eigenvalue weighted by Crippen LogP contribution is 2.45. The topological polar surface area (TPSA) is 14.2 Å². The zero-order chi connectivity index (χ0) is 29.7. The van der Waals surface area contributed by atoms with Gasteiger partial charge in [0.2, 0.25) is 0 Å². The summed E-state index contributed by atoms with van der Waals surface area (Å²) >= 11 is 0. The van der Waals surface area contributed by atoms with E-state index in [0.29, 0.717) is 6.61 Å². The third kappa shape index (κ3) is 4.26. The van der Waals surface area contributed by atoms with Gasteiger partial charge in [-0.2, -0.15) is 0 Å². The highest BCUT2D eigenvalue weighted by Gasteiger charge is 2.22. The number of hydrogen-bond donors (Lipinski definition) is 0. The van der Waals surface area contributed by atoms with Crippen LogP contribution in [-0.4, -0.2) is 4.57 Å². The van der Waals surface area contributed by atoms with Crippen LogP contribution in [0.4, 0.5) is 0 Å². The van der Waals surface area contributed by atoms with Crippen molar-refractivity contribution in [3.05, 3.63) is 169 Å². The van der Waals surface area contributed by atoms with E-state index < -0.39 is 0 Å². The first kappa shape index (κ1) is 25.6. The second-order valence-corrected chi connectivity index (χ2v) is 11.7. The van der Waals surface area contributed by atoms with E-state index in [1.807, 2.05) is 0 Å². The van der Waals surface area contributed by atoms with Gasteiger partial charge in [-0.05, 0) is 74.8 Å². The van der Waals surface area contributed by atoms with Crippen molar-refractivity contribution in [1.29, 1.82) is 0 Å². The molecule has 0 unspecified atom stereocenters. The number of hydrogen-bond acceptors (Lipinski definition) is 1. The minimum absolute atomic E-state index is 0.599. The summed E-state index contributed by atoms with van der Waals surface area (Å²) in [6, 6.07) is 59.0. The minimum atomic E-state index is 0.599. The van der Waals surface area contributed by atoms with Crippen molar-refractivity contribution in [2.24, 2.45) is 0 Å². The summed E-state index contributed by atoms with van der Waals surface area (Å²) in [7, 11) is 0. The van der Waals surface area contributed by atoms with E-state index in [9.17, 15) is 0 Å². The molecule has 8 aromatic rings. The number of nitrogens with zero attached hydrogens (tertiary/aromatic N) is 1. The number of benzene rings is 7. The zero-order valence-corrected chi connectivity index (χ0v) is 24.7. The SMILES string of the molecule is c1ccc(-c2cccc(-n3c4cc(-c5ccccc5)ccc4c4ccc(-c5cccc6c5-c5ccccc5CO6)cc43)c2)cc1. The Morgan fingerprint density at radius 2 is 1.00 bits per heavy atom. The molecule has 0 fully saturated rings. The molecule has 0 atom stereocenters. The Bertz CT molecular complexity index is 2370. The Balaban J connectivity index is 1.31. The fourth-order valence-electron chi connectivity index (χ4n) is 6.94. The van der Waals surface area contributed by atoms with Crippen LogP contribution in [-0.2, 0) is 6.61 Å². The largest absolute Gasteiger partial charge is 0.488 e. The van der Waals surface area contributed by atoms with Crippen LogP contribution in [0.15, 0.2) is 164 Å². The van der Waals surface area contributed by atoms with Crippen molar-refractivity contribution in [1.82, 2.24) is 4.57 Å². The van der Waals surface area contributed by atoms with Gasteiger partial charge < -0.3 is 9.30 Å². The maximum atomic E-state index is 6.25. The van der Waals surface area contributed by atoms with Gasteiger partial charge in [-0.15, -0.1) is 0 Å². The van der Waals surface area contributed by atoms with Crippen LogP contribution in [0.3, 0.4) is 0 Å². The number of ether oxygens (including phenoxy) is 1. The molecule has 9 rings (SSSR count). The molecule has 0 spiro atoms. The molecule has 1 aliphatic heterocycles. The van der Waals surface area contributed by atoms with Gasteiger partial charge in [0.1, 0.15) is 12.4 Å². The van der Waals surface area contributed by atoms with Crippen LogP contribution in [0, 0.1) is 0 Å². The number of aromatic nitrogens is 1. The highest BCUT2D eigenvalue weighted by atomic mass is 16.5. The summed E-state index contributed by atoms with van der Waals surface area (Å²) in [6.07, 6.45) is 0. The molecule has 0 saturated carbocycles. The quantitative estimate of drug-likeness (QED) is 0.204. The van der Waals surface area contributed by atoms with Crippen molar-refractivity contribution >= 4 is 21.8 Å². The molecule has 2 heterocycles. The third-order valence-corrected chi connectivity index (χ3v) is 9.09. The number of fused-ring (bicyclic) bond motifs is 6.